The normalized spacial score (nSPS) is 15.3. The number of hydrogen-bond donors (Lipinski definition) is 1. The van der Waals surface area contributed by atoms with Crippen molar-refractivity contribution < 1.29 is 14.3 Å². The van der Waals surface area contributed by atoms with Gasteiger partial charge in [-0.3, -0.25) is 0 Å². The van der Waals surface area contributed by atoms with Crippen molar-refractivity contribution in [2.45, 2.75) is 25.8 Å². The average Bonchev–Trinajstić information content (AvgIpc) is 2.91. The summed E-state index contributed by atoms with van der Waals surface area (Å²) in [5.74, 6) is -1.26. The van der Waals surface area contributed by atoms with Gasteiger partial charge in [-0.1, -0.05) is 0 Å². The first-order chi connectivity index (χ1) is 12.0. The van der Waals surface area contributed by atoms with Crippen LogP contribution in [0.15, 0.2) is 31.9 Å². The van der Waals surface area contributed by atoms with Crippen LogP contribution in [-0.2, 0) is 6.54 Å². The van der Waals surface area contributed by atoms with Crippen LogP contribution < -0.4 is 5.63 Å². The number of halogens is 2. The average molecular weight is 506 g/mol. The molecular formula is C18H17BrClNO4Se. The zero-order valence-corrected chi connectivity index (χ0v) is 17.9. The third-order valence-corrected chi connectivity index (χ3v) is 8.60. The van der Waals surface area contributed by atoms with E-state index in [1.165, 1.54) is 29.8 Å². The van der Waals surface area contributed by atoms with Gasteiger partial charge in [0.15, 0.2) is 0 Å². The van der Waals surface area contributed by atoms with Crippen molar-refractivity contribution in [3.63, 3.8) is 0 Å². The molecule has 0 unspecified atom stereocenters. The zero-order valence-electron chi connectivity index (χ0n) is 13.8. The van der Waals surface area contributed by atoms with Crippen molar-refractivity contribution >= 4 is 69.4 Å². The number of likely N-dealkylation sites (tertiary alicyclic amines) is 1. The van der Waals surface area contributed by atoms with E-state index in [4.69, 9.17) is 9.52 Å². The van der Waals surface area contributed by atoms with Crippen molar-refractivity contribution in [2.24, 2.45) is 0 Å². The van der Waals surface area contributed by atoms with Crippen molar-refractivity contribution in [2.75, 3.05) is 13.1 Å². The van der Waals surface area contributed by atoms with Crippen LogP contribution in [0.25, 0.3) is 20.6 Å². The standard InChI is InChI=1S/C18H16BrNO4Se.ClH/c19-14-11-5-4-10-8-12(17(21)22)18(23)24-15(10)16(11)25-13(14)9-20-6-2-1-3-7-20;/h4-5,8H,1-3,6-7,9H2,(H,21,22);1H. The maximum atomic E-state index is 12.0. The summed E-state index contributed by atoms with van der Waals surface area (Å²) in [5, 5.41) is 10.8. The van der Waals surface area contributed by atoms with E-state index < -0.39 is 11.6 Å². The molecule has 5 nitrogen and oxygen atoms in total. The quantitative estimate of drug-likeness (QED) is 0.432. The number of carbonyl (C=O) groups is 1. The monoisotopic (exact) mass is 505 g/mol. The van der Waals surface area contributed by atoms with Gasteiger partial charge in [0, 0.05) is 0 Å². The molecule has 3 heterocycles. The second-order valence-electron chi connectivity index (χ2n) is 6.29. The predicted octanol–water partition coefficient (Wildman–Crippen LogP) is 3.87. The van der Waals surface area contributed by atoms with E-state index in [0.717, 1.165) is 33.8 Å². The number of hydrogen-bond acceptors (Lipinski definition) is 4. The van der Waals surface area contributed by atoms with E-state index in [1.54, 1.807) is 0 Å². The van der Waals surface area contributed by atoms with Gasteiger partial charge in [-0.25, -0.2) is 0 Å². The summed E-state index contributed by atoms with van der Waals surface area (Å²) in [6, 6.07) is 5.22. The van der Waals surface area contributed by atoms with Crippen molar-refractivity contribution in [1.29, 1.82) is 0 Å². The molecule has 1 fully saturated rings. The molecule has 138 valence electrons. The molecule has 1 N–H and O–H groups in total. The number of rotatable bonds is 3. The van der Waals surface area contributed by atoms with E-state index in [0.29, 0.717) is 11.0 Å². The molecule has 4 rings (SSSR count). The van der Waals surface area contributed by atoms with E-state index in [2.05, 4.69) is 20.8 Å². The van der Waals surface area contributed by atoms with Crippen LogP contribution >= 0.6 is 28.3 Å². The van der Waals surface area contributed by atoms with Crippen LogP contribution in [0.2, 0.25) is 0 Å². The summed E-state index contributed by atoms with van der Waals surface area (Å²) in [4.78, 5) is 25.6. The molecule has 1 aromatic carbocycles. The Bertz CT molecular complexity index is 1040. The number of benzene rings is 1. The van der Waals surface area contributed by atoms with Gasteiger partial charge >= 0.3 is 158 Å². The van der Waals surface area contributed by atoms with Gasteiger partial charge in [0.05, 0.1) is 0 Å². The van der Waals surface area contributed by atoms with Crippen LogP contribution in [0, 0.1) is 0 Å². The summed E-state index contributed by atoms with van der Waals surface area (Å²) in [5.41, 5.74) is -0.582. The molecule has 1 aliphatic rings. The Morgan fingerprint density at radius 2 is 2.00 bits per heavy atom. The molecule has 0 bridgehead atoms. The van der Waals surface area contributed by atoms with Gasteiger partial charge in [0.2, 0.25) is 0 Å². The summed E-state index contributed by atoms with van der Waals surface area (Å²) in [6.07, 6.45) is 3.81. The Labute approximate surface area is 170 Å². The van der Waals surface area contributed by atoms with E-state index in [1.807, 2.05) is 12.1 Å². The fraction of sp³-hybridized carbons (Fsp3) is 0.333. The van der Waals surface area contributed by atoms with Gasteiger partial charge in [0.25, 0.3) is 0 Å². The first-order valence-electron chi connectivity index (χ1n) is 8.18. The molecule has 0 radical (unpaired) electrons. The first-order valence-corrected chi connectivity index (χ1v) is 10.7. The van der Waals surface area contributed by atoms with Crippen LogP contribution in [0.5, 0.6) is 0 Å². The second-order valence-corrected chi connectivity index (χ2v) is 9.40. The third-order valence-electron chi connectivity index (χ3n) is 4.61. The summed E-state index contributed by atoms with van der Waals surface area (Å²) in [7, 11) is 0. The first kappa shape index (κ1) is 19.6. The number of carboxylic acids is 1. The summed E-state index contributed by atoms with van der Waals surface area (Å²) < 4.78 is 8.87. The molecule has 1 aliphatic heterocycles. The van der Waals surface area contributed by atoms with E-state index >= 15 is 0 Å². The zero-order chi connectivity index (χ0) is 17.6. The number of carboxylic acid groups (broad SMARTS) is 1. The molecule has 0 saturated carbocycles. The molecule has 0 atom stereocenters. The Hall–Kier alpha value is -1.11. The van der Waals surface area contributed by atoms with Crippen molar-refractivity contribution in [3.8, 4) is 0 Å². The van der Waals surface area contributed by atoms with Gasteiger partial charge < -0.3 is 0 Å². The van der Waals surface area contributed by atoms with Crippen LogP contribution in [-0.4, -0.2) is 43.6 Å². The van der Waals surface area contributed by atoms with Gasteiger partial charge in [-0.05, 0) is 0 Å². The third kappa shape index (κ3) is 3.51. The maximum absolute atomic E-state index is 12.0. The molecular weight excluding hydrogens is 489 g/mol. The number of aromatic carboxylic acids is 1. The summed E-state index contributed by atoms with van der Waals surface area (Å²) in [6.45, 7) is 3.20. The predicted molar refractivity (Wildman–Crippen MR) is 108 cm³/mol. The molecule has 26 heavy (non-hydrogen) atoms. The molecule has 3 aromatic rings. The van der Waals surface area contributed by atoms with Crippen molar-refractivity contribution in [1.82, 2.24) is 4.90 Å². The SMILES string of the molecule is Cl.O=C(O)c1cc2ccc3c(Br)c(CN4CCCCC4)[se]c3c2oc1=O. The Morgan fingerprint density at radius 1 is 1.27 bits per heavy atom. The molecule has 0 amide bonds. The Kier molecular flexibility index (Phi) is 5.94. The summed E-state index contributed by atoms with van der Waals surface area (Å²) >= 11 is 3.79. The number of piperidine rings is 1. The number of fused-ring (bicyclic) bond motifs is 3. The number of nitrogens with zero attached hydrogens (tertiary/aromatic N) is 1. The topological polar surface area (TPSA) is 70.8 Å². The molecule has 2 aromatic heterocycles. The Balaban J connectivity index is 0.00000196. The minimum atomic E-state index is -1.26. The van der Waals surface area contributed by atoms with Crippen LogP contribution in [0.1, 0.15) is 34.1 Å². The van der Waals surface area contributed by atoms with Crippen LogP contribution in [0.4, 0.5) is 0 Å². The molecule has 0 aliphatic carbocycles. The molecule has 8 heteroatoms. The molecule has 0 spiro atoms. The van der Waals surface area contributed by atoms with Crippen LogP contribution in [0.3, 0.4) is 0 Å². The fourth-order valence-electron chi connectivity index (χ4n) is 3.32. The van der Waals surface area contributed by atoms with Crippen molar-refractivity contribution in [3.05, 3.63) is 43.1 Å². The molecule has 1 saturated heterocycles. The second kappa shape index (κ2) is 7.87. The van der Waals surface area contributed by atoms with Gasteiger partial charge in [0.1, 0.15) is 0 Å². The van der Waals surface area contributed by atoms with E-state index in [-0.39, 0.29) is 32.5 Å². The minimum absolute atomic E-state index is 0. The van der Waals surface area contributed by atoms with Gasteiger partial charge in [-0.2, -0.15) is 0 Å². The fourth-order valence-corrected chi connectivity index (χ4v) is 7.07. The van der Waals surface area contributed by atoms with Gasteiger partial charge in [-0.15, -0.1) is 12.4 Å². The Morgan fingerprint density at radius 3 is 2.69 bits per heavy atom. The van der Waals surface area contributed by atoms with E-state index in [9.17, 15) is 9.59 Å².